The number of likely N-dealkylation sites (tertiary alicyclic amines) is 1. The van der Waals surface area contributed by atoms with Gasteiger partial charge in [0, 0.05) is 29.1 Å². The first-order valence-electron chi connectivity index (χ1n) is 7.31. The molecule has 0 spiro atoms. The van der Waals surface area contributed by atoms with Crippen LogP contribution in [0.1, 0.15) is 38.7 Å². The molecule has 0 amide bonds. The predicted molar refractivity (Wildman–Crippen MR) is 85.7 cm³/mol. The van der Waals surface area contributed by atoms with Crippen LogP contribution in [0.15, 0.2) is 18.2 Å². The normalized spacial score (nSPS) is 24.9. The number of nitrogens with zero attached hydrogens (tertiary/aromatic N) is 1. The van der Waals surface area contributed by atoms with Gasteiger partial charge in [-0.1, -0.05) is 29.3 Å². The minimum atomic E-state index is -0.696. The number of hydrogen-bond acceptors (Lipinski definition) is 2. The highest BCUT2D eigenvalue weighted by Crippen LogP contribution is 2.33. The molecule has 0 radical (unpaired) electrons. The first-order valence-corrected chi connectivity index (χ1v) is 8.06. The lowest BCUT2D eigenvalue weighted by Gasteiger charge is -2.29. The maximum atomic E-state index is 10.9. The van der Waals surface area contributed by atoms with Crippen molar-refractivity contribution in [1.82, 2.24) is 4.90 Å². The van der Waals surface area contributed by atoms with Gasteiger partial charge < -0.3 is 10.0 Å². The van der Waals surface area contributed by atoms with Crippen molar-refractivity contribution >= 4 is 23.2 Å². The molecule has 1 aliphatic rings. The second kappa shape index (κ2) is 6.65. The van der Waals surface area contributed by atoms with Crippen molar-refractivity contribution in [3.63, 3.8) is 0 Å². The van der Waals surface area contributed by atoms with Gasteiger partial charge in [0.05, 0.1) is 5.60 Å². The van der Waals surface area contributed by atoms with E-state index in [1.54, 1.807) is 0 Å². The van der Waals surface area contributed by atoms with E-state index in [1.807, 2.05) is 18.2 Å². The summed E-state index contributed by atoms with van der Waals surface area (Å²) in [7, 11) is 0. The van der Waals surface area contributed by atoms with E-state index in [1.165, 1.54) is 0 Å². The van der Waals surface area contributed by atoms with E-state index in [4.69, 9.17) is 23.2 Å². The molecule has 0 aromatic heterocycles. The minimum absolute atomic E-state index is 0.529. The van der Waals surface area contributed by atoms with Crippen molar-refractivity contribution in [2.45, 2.75) is 51.2 Å². The lowest BCUT2D eigenvalue weighted by Crippen LogP contribution is -2.35. The fourth-order valence-electron chi connectivity index (χ4n) is 2.92. The van der Waals surface area contributed by atoms with E-state index in [9.17, 15) is 5.11 Å². The Hall–Kier alpha value is -0.280. The van der Waals surface area contributed by atoms with E-state index >= 15 is 0 Å². The molecule has 0 saturated carbocycles. The van der Waals surface area contributed by atoms with Crippen LogP contribution in [0.3, 0.4) is 0 Å². The second-order valence-corrected chi connectivity index (χ2v) is 6.90. The fourth-order valence-corrected chi connectivity index (χ4v) is 3.45. The number of benzene rings is 1. The zero-order chi connectivity index (χ0) is 14.8. The molecule has 1 saturated heterocycles. The summed E-state index contributed by atoms with van der Waals surface area (Å²) in [4.78, 5) is 2.42. The van der Waals surface area contributed by atoms with Gasteiger partial charge in [-0.3, -0.25) is 0 Å². The third kappa shape index (κ3) is 3.88. The first kappa shape index (κ1) is 16.1. The number of hydrogen-bond donors (Lipinski definition) is 1. The highest BCUT2D eigenvalue weighted by atomic mass is 35.5. The van der Waals surface area contributed by atoms with Crippen LogP contribution >= 0.6 is 23.2 Å². The molecule has 1 aliphatic heterocycles. The largest absolute Gasteiger partial charge is 0.389 e. The Morgan fingerprint density at radius 3 is 2.45 bits per heavy atom. The highest BCUT2D eigenvalue weighted by Gasteiger charge is 2.32. The van der Waals surface area contributed by atoms with Gasteiger partial charge in [-0.25, -0.2) is 0 Å². The van der Waals surface area contributed by atoms with Crippen LogP contribution in [-0.4, -0.2) is 34.7 Å². The van der Waals surface area contributed by atoms with Crippen LogP contribution in [0.4, 0.5) is 0 Å². The topological polar surface area (TPSA) is 23.5 Å². The molecule has 1 aromatic rings. The van der Waals surface area contributed by atoms with E-state index in [0.717, 1.165) is 37.9 Å². The van der Waals surface area contributed by atoms with E-state index in [-0.39, 0.29) is 0 Å². The average molecular weight is 316 g/mol. The van der Waals surface area contributed by atoms with E-state index < -0.39 is 5.60 Å². The summed E-state index contributed by atoms with van der Waals surface area (Å²) in [6, 6.07) is 6.04. The van der Waals surface area contributed by atoms with Crippen molar-refractivity contribution < 1.29 is 5.11 Å². The molecular formula is C16H23Cl2NO. The Balaban J connectivity index is 2.11. The average Bonchev–Trinajstić information content (AvgIpc) is 2.57. The van der Waals surface area contributed by atoms with E-state index in [0.29, 0.717) is 22.5 Å². The molecule has 1 aromatic carbocycles. The molecule has 2 rings (SSSR count). The SMILES string of the molecule is CC(C)N1CCCC(O)(Cc2c(Cl)cccc2Cl)CC1. The van der Waals surface area contributed by atoms with Crippen LogP contribution < -0.4 is 0 Å². The molecule has 0 aliphatic carbocycles. The van der Waals surface area contributed by atoms with Crippen molar-refractivity contribution in [2.24, 2.45) is 0 Å². The van der Waals surface area contributed by atoms with Crippen LogP contribution in [0.2, 0.25) is 10.0 Å². The number of rotatable bonds is 3. The third-order valence-electron chi connectivity index (χ3n) is 4.25. The lowest BCUT2D eigenvalue weighted by atomic mass is 9.87. The maximum Gasteiger partial charge on any atom is 0.0701 e. The van der Waals surface area contributed by atoms with Crippen molar-refractivity contribution in [1.29, 1.82) is 0 Å². The zero-order valence-corrected chi connectivity index (χ0v) is 13.7. The van der Waals surface area contributed by atoms with Crippen molar-refractivity contribution in [2.75, 3.05) is 13.1 Å². The Morgan fingerprint density at radius 2 is 1.85 bits per heavy atom. The summed E-state index contributed by atoms with van der Waals surface area (Å²) in [5, 5.41) is 12.2. The van der Waals surface area contributed by atoms with Gasteiger partial charge in [-0.05, 0) is 57.4 Å². The molecule has 112 valence electrons. The van der Waals surface area contributed by atoms with Crippen LogP contribution in [0, 0.1) is 0 Å². The summed E-state index contributed by atoms with van der Waals surface area (Å²) in [5.41, 5.74) is 0.175. The van der Waals surface area contributed by atoms with Gasteiger partial charge in [0.2, 0.25) is 0 Å². The monoisotopic (exact) mass is 315 g/mol. The third-order valence-corrected chi connectivity index (χ3v) is 4.96. The smallest absolute Gasteiger partial charge is 0.0701 e. The molecule has 1 N–H and O–H groups in total. The number of aliphatic hydroxyl groups is 1. The van der Waals surface area contributed by atoms with Crippen LogP contribution in [-0.2, 0) is 6.42 Å². The van der Waals surface area contributed by atoms with Gasteiger partial charge >= 0.3 is 0 Å². The number of halogens is 2. The molecular weight excluding hydrogens is 293 g/mol. The summed E-state index contributed by atoms with van der Waals surface area (Å²) >= 11 is 12.4. The second-order valence-electron chi connectivity index (χ2n) is 6.08. The van der Waals surface area contributed by atoms with E-state index in [2.05, 4.69) is 18.7 Å². The lowest BCUT2D eigenvalue weighted by molar-refractivity contribution is 0.0249. The van der Waals surface area contributed by atoms with Gasteiger partial charge in [-0.2, -0.15) is 0 Å². The summed E-state index contributed by atoms with van der Waals surface area (Å²) in [6.45, 7) is 6.39. The Bertz CT molecular complexity index is 444. The Morgan fingerprint density at radius 1 is 1.20 bits per heavy atom. The molecule has 20 heavy (non-hydrogen) atoms. The van der Waals surface area contributed by atoms with Crippen molar-refractivity contribution in [3.05, 3.63) is 33.8 Å². The first-order chi connectivity index (χ1) is 9.41. The summed E-state index contributed by atoms with van der Waals surface area (Å²) in [5.74, 6) is 0. The molecule has 0 bridgehead atoms. The minimum Gasteiger partial charge on any atom is -0.389 e. The van der Waals surface area contributed by atoms with Crippen LogP contribution in [0.5, 0.6) is 0 Å². The van der Waals surface area contributed by atoms with Gasteiger partial charge in [0.25, 0.3) is 0 Å². The maximum absolute atomic E-state index is 10.9. The standard InChI is InChI=1S/C16H23Cl2NO/c1-12(2)19-9-4-7-16(20,8-10-19)11-13-14(17)5-3-6-15(13)18/h3,5-6,12,20H,4,7-11H2,1-2H3. The van der Waals surface area contributed by atoms with Gasteiger partial charge in [0.15, 0.2) is 0 Å². The molecule has 1 unspecified atom stereocenters. The Labute approximate surface area is 131 Å². The summed E-state index contributed by atoms with van der Waals surface area (Å²) in [6.07, 6.45) is 3.12. The fraction of sp³-hybridized carbons (Fsp3) is 0.625. The van der Waals surface area contributed by atoms with Gasteiger partial charge in [0.1, 0.15) is 0 Å². The zero-order valence-electron chi connectivity index (χ0n) is 12.2. The van der Waals surface area contributed by atoms with Crippen molar-refractivity contribution in [3.8, 4) is 0 Å². The molecule has 4 heteroatoms. The molecule has 1 heterocycles. The molecule has 2 nitrogen and oxygen atoms in total. The van der Waals surface area contributed by atoms with Crippen LogP contribution in [0.25, 0.3) is 0 Å². The molecule has 1 fully saturated rings. The Kier molecular flexibility index (Phi) is 5.36. The molecule has 1 atom stereocenters. The quantitative estimate of drug-likeness (QED) is 0.905. The highest BCUT2D eigenvalue weighted by molar-refractivity contribution is 6.36. The predicted octanol–water partition coefficient (Wildman–Crippen LogP) is 4.16. The summed E-state index contributed by atoms with van der Waals surface area (Å²) < 4.78 is 0. The van der Waals surface area contributed by atoms with Gasteiger partial charge in [-0.15, -0.1) is 0 Å².